The minimum Gasteiger partial charge on any atom is -0.369 e. The monoisotopic (exact) mass is 230 g/mol. The average Bonchev–Trinajstić information content (AvgIpc) is 2.34. The van der Waals surface area contributed by atoms with E-state index in [1.54, 1.807) is 6.33 Å². The zero-order chi connectivity index (χ0) is 12.1. The molecular weight excluding hydrogens is 212 g/mol. The lowest BCUT2D eigenvalue weighted by Crippen LogP contribution is -2.16. The quantitative estimate of drug-likeness (QED) is 0.773. The molecule has 4 heteroatoms. The number of hydrogen-bond acceptors (Lipinski definition) is 4. The molecule has 0 saturated heterocycles. The lowest BCUT2D eigenvalue weighted by Gasteiger charge is -2.09. The second-order valence-electron chi connectivity index (χ2n) is 4.29. The van der Waals surface area contributed by atoms with Crippen molar-refractivity contribution in [2.45, 2.75) is 25.8 Å². The first kappa shape index (κ1) is 11.8. The van der Waals surface area contributed by atoms with E-state index >= 15 is 0 Å². The highest BCUT2D eigenvalue weighted by Gasteiger charge is 2.01. The summed E-state index contributed by atoms with van der Waals surface area (Å²) in [5.74, 6) is 0.903. The van der Waals surface area contributed by atoms with Gasteiger partial charge in [0.2, 0.25) is 0 Å². The summed E-state index contributed by atoms with van der Waals surface area (Å²) >= 11 is 0. The van der Waals surface area contributed by atoms with Gasteiger partial charge in [-0.3, -0.25) is 0 Å². The molecule has 0 fully saturated rings. The van der Waals surface area contributed by atoms with E-state index in [2.05, 4.69) is 15.3 Å². The predicted molar refractivity (Wildman–Crippen MR) is 70.9 cm³/mol. The molecule has 3 N–H and O–H groups in total. The Bertz CT molecular complexity index is 476. The van der Waals surface area contributed by atoms with Gasteiger partial charge in [-0.15, -0.1) is 0 Å². The standard InChI is InChI=1S/C13H18N4/c1-10(14)5-4-8-15-13-11-6-2-3-7-12(11)16-9-17-13/h2-3,6-7,9-10H,4-5,8,14H2,1H3,(H,15,16,17). The molecule has 1 heterocycles. The lowest BCUT2D eigenvalue weighted by atomic mass is 10.2. The zero-order valence-corrected chi connectivity index (χ0v) is 10.1. The molecule has 1 aromatic heterocycles. The van der Waals surface area contributed by atoms with Gasteiger partial charge >= 0.3 is 0 Å². The number of aromatic nitrogens is 2. The normalized spacial score (nSPS) is 12.6. The van der Waals surface area contributed by atoms with E-state index in [1.807, 2.05) is 31.2 Å². The summed E-state index contributed by atoms with van der Waals surface area (Å²) in [4.78, 5) is 8.50. The van der Waals surface area contributed by atoms with Crippen LogP contribution in [0.1, 0.15) is 19.8 Å². The lowest BCUT2D eigenvalue weighted by molar-refractivity contribution is 0.639. The summed E-state index contributed by atoms with van der Waals surface area (Å²) in [6.45, 7) is 2.92. The van der Waals surface area contributed by atoms with Gasteiger partial charge in [-0.1, -0.05) is 12.1 Å². The molecule has 1 atom stereocenters. The van der Waals surface area contributed by atoms with Crippen LogP contribution in [0.25, 0.3) is 10.9 Å². The Morgan fingerprint density at radius 2 is 2.12 bits per heavy atom. The Kier molecular flexibility index (Phi) is 3.88. The van der Waals surface area contributed by atoms with Crippen LogP contribution in [0.2, 0.25) is 0 Å². The number of para-hydroxylation sites is 1. The van der Waals surface area contributed by atoms with Crippen molar-refractivity contribution in [3.05, 3.63) is 30.6 Å². The number of fused-ring (bicyclic) bond motifs is 1. The van der Waals surface area contributed by atoms with Crippen LogP contribution in [0.3, 0.4) is 0 Å². The Labute approximate surface area is 101 Å². The molecule has 1 aromatic carbocycles. The van der Waals surface area contributed by atoms with E-state index in [9.17, 15) is 0 Å². The van der Waals surface area contributed by atoms with Crippen LogP contribution >= 0.6 is 0 Å². The van der Waals surface area contributed by atoms with Gasteiger partial charge in [0.25, 0.3) is 0 Å². The van der Waals surface area contributed by atoms with Crippen LogP contribution in [0.4, 0.5) is 5.82 Å². The molecule has 0 saturated carbocycles. The highest BCUT2D eigenvalue weighted by atomic mass is 15.0. The number of hydrogen-bond donors (Lipinski definition) is 2. The Balaban J connectivity index is 2.03. The molecule has 0 aliphatic carbocycles. The number of nitrogens with zero attached hydrogens (tertiary/aromatic N) is 2. The molecule has 90 valence electrons. The molecule has 4 nitrogen and oxygen atoms in total. The molecule has 0 aliphatic rings. The van der Waals surface area contributed by atoms with Crippen LogP contribution in [-0.2, 0) is 0 Å². The van der Waals surface area contributed by atoms with Crippen molar-refractivity contribution in [3.63, 3.8) is 0 Å². The van der Waals surface area contributed by atoms with Gasteiger partial charge in [0.15, 0.2) is 0 Å². The van der Waals surface area contributed by atoms with Crippen LogP contribution in [0.15, 0.2) is 30.6 Å². The Hall–Kier alpha value is -1.68. The topological polar surface area (TPSA) is 63.8 Å². The largest absolute Gasteiger partial charge is 0.369 e. The van der Waals surface area contributed by atoms with E-state index in [0.29, 0.717) is 0 Å². The number of nitrogens with two attached hydrogens (primary N) is 1. The van der Waals surface area contributed by atoms with E-state index in [-0.39, 0.29) is 6.04 Å². The summed E-state index contributed by atoms with van der Waals surface area (Å²) in [5.41, 5.74) is 6.68. The van der Waals surface area contributed by atoms with Gasteiger partial charge in [-0.25, -0.2) is 9.97 Å². The first-order valence-corrected chi connectivity index (χ1v) is 5.96. The summed E-state index contributed by atoms with van der Waals surface area (Å²) in [6.07, 6.45) is 3.67. The Morgan fingerprint density at radius 1 is 1.29 bits per heavy atom. The smallest absolute Gasteiger partial charge is 0.137 e. The number of rotatable bonds is 5. The third kappa shape index (κ3) is 3.14. The highest BCUT2D eigenvalue weighted by Crippen LogP contribution is 2.18. The van der Waals surface area contributed by atoms with Crippen LogP contribution in [-0.4, -0.2) is 22.6 Å². The molecule has 0 spiro atoms. The third-order valence-electron chi connectivity index (χ3n) is 2.67. The van der Waals surface area contributed by atoms with Crippen molar-refractivity contribution in [1.29, 1.82) is 0 Å². The summed E-state index contributed by atoms with van der Waals surface area (Å²) in [6, 6.07) is 8.26. The minimum absolute atomic E-state index is 0.263. The summed E-state index contributed by atoms with van der Waals surface area (Å²) in [5, 5.41) is 4.40. The maximum atomic E-state index is 5.71. The fourth-order valence-corrected chi connectivity index (χ4v) is 1.78. The minimum atomic E-state index is 0.263. The molecule has 2 rings (SSSR count). The fourth-order valence-electron chi connectivity index (χ4n) is 1.78. The summed E-state index contributed by atoms with van der Waals surface area (Å²) < 4.78 is 0. The molecule has 0 amide bonds. The van der Waals surface area contributed by atoms with Crippen LogP contribution < -0.4 is 11.1 Å². The Morgan fingerprint density at radius 3 is 2.94 bits per heavy atom. The molecule has 17 heavy (non-hydrogen) atoms. The van der Waals surface area contributed by atoms with Crippen molar-refractivity contribution in [2.24, 2.45) is 5.73 Å². The highest BCUT2D eigenvalue weighted by molar-refractivity contribution is 5.88. The molecule has 2 aromatic rings. The predicted octanol–water partition coefficient (Wildman–Crippen LogP) is 2.17. The van der Waals surface area contributed by atoms with Gasteiger partial charge in [0, 0.05) is 18.0 Å². The number of nitrogens with one attached hydrogen (secondary N) is 1. The SMILES string of the molecule is CC(N)CCCNc1ncnc2ccccc12. The molecule has 0 bridgehead atoms. The maximum Gasteiger partial charge on any atom is 0.137 e. The first-order chi connectivity index (χ1) is 8.27. The van der Waals surface area contributed by atoms with Crippen molar-refractivity contribution in [2.75, 3.05) is 11.9 Å². The van der Waals surface area contributed by atoms with Crippen molar-refractivity contribution < 1.29 is 0 Å². The van der Waals surface area contributed by atoms with Crippen molar-refractivity contribution in [3.8, 4) is 0 Å². The number of benzene rings is 1. The number of anilines is 1. The summed E-state index contributed by atoms with van der Waals surface area (Å²) in [7, 11) is 0. The van der Waals surface area contributed by atoms with Crippen molar-refractivity contribution in [1.82, 2.24) is 9.97 Å². The molecular formula is C13H18N4. The van der Waals surface area contributed by atoms with Gasteiger partial charge in [0.05, 0.1) is 5.52 Å². The molecule has 0 aliphatic heterocycles. The van der Waals surface area contributed by atoms with Crippen LogP contribution in [0, 0.1) is 0 Å². The van der Waals surface area contributed by atoms with Crippen molar-refractivity contribution >= 4 is 16.7 Å². The van der Waals surface area contributed by atoms with Gasteiger partial charge in [-0.2, -0.15) is 0 Å². The van der Waals surface area contributed by atoms with E-state index in [1.165, 1.54) is 0 Å². The van der Waals surface area contributed by atoms with E-state index in [0.717, 1.165) is 36.1 Å². The van der Waals surface area contributed by atoms with Gasteiger partial charge < -0.3 is 11.1 Å². The second kappa shape index (κ2) is 5.59. The van der Waals surface area contributed by atoms with E-state index < -0.39 is 0 Å². The van der Waals surface area contributed by atoms with Crippen LogP contribution in [0.5, 0.6) is 0 Å². The average molecular weight is 230 g/mol. The second-order valence-corrected chi connectivity index (χ2v) is 4.29. The van der Waals surface area contributed by atoms with Gasteiger partial charge in [-0.05, 0) is 31.9 Å². The van der Waals surface area contributed by atoms with Gasteiger partial charge in [0.1, 0.15) is 12.1 Å². The molecule has 1 unspecified atom stereocenters. The maximum absolute atomic E-state index is 5.71. The first-order valence-electron chi connectivity index (χ1n) is 5.96. The molecule has 0 radical (unpaired) electrons. The fraction of sp³-hybridized carbons (Fsp3) is 0.385. The zero-order valence-electron chi connectivity index (χ0n) is 10.1. The van der Waals surface area contributed by atoms with E-state index in [4.69, 9.17) is 5.73 Å². The third-order valence-corrected chi connectivity index (χ3v) is 2.67.